The van der Waals surface area contributed by atoms with Gasteiger partial charge in [-0.1, -0.05) is 12.1 Å². The average molecular weight is 591 g/mol. The number of esters is 1. The van der Waals surface area contributed by atoms with E-state index in [4.69, 9.17) is 9.47 Å². The highest BCUT2D eigenvalue weighted by Gasteiger charge is 2.38. The summed E-state index contributed by atoms with van der Waals surface area (Å²) in [6.45, 7) is 1.15. The van der Waals surface area contributed by atoms with Gasteiger partial charge < -0.3 is 24.8 Å². The maximum atomic E-state index is 13.4. The first-order valence-corrected chi connectivity index (χ1v) is 11.9. The number of nitro groups is 1. The summed E-state index contributed by atoms with van der Waals surface area (Å²) < 4.78 is 10.9. The molecule has 2 N–H and O–H groups in total. The van der Waals surface area contributed by atoms with Crippen molar-refractivity contribution >= 4 is 61.4 Å². The monoisotopic (exact) mass is 590 g/mol. The molecule has 2 atom stereocenters. The van der Waals surface area contributed by atoms with Gasteiger partial charge in [0.1, 0.15) is 29.1 Å². The first-order valence-electron chi connectivity index (χ1n) is 11.9. The number of pyridine rings is 1. The Morgan fingerprint density at radius 1 is 1.18 bits per heavy atom. The Hall–Kier alpha value is -4.04. The number of non-ortho nitro benzene ring substituents is 1. The number of hydrogen-bond donors (Lipinski definition) is 2. The Morgan fingerprint density at radius 2 is 1.90 bits per heavy atom. The van der Waals surface area contributed by atoms with Gasteiger partial charge in [-0.25, -0.2) is 4.79 Å². The Balaban J connectivity index is 0.00000280. The lowest BCUT2D eigenvalue weighted by atomic mass is 10.0. The number of amides is 2. The van der Waals surface area contributed by atoms with Gasteiger partial charge in [-0.15, -0.1) is 0 Å². The van der Waals surface area contributed by atoms with Gasteiger partial charge >= 0.3 is 5.97 Å². The molecule has 0 unspecified atom stereocenters. The molecule has 1 aromatic heterocycles. The minimum Gasteiger partial charge on any atom is -0.508 e. The van der Waals surface area contributed by atoms with Crippen molar-refractivity contribution in [3.05, 3.63) is 70.4 Å². The highest BCUT2D eigenvalue weighted by Crippen LogP contribution is 2.31. The van der Waals surface area contributed by atoms with Crippen molar-refractivity contribution in [3.8, 4) is 11.5 Å². The first kappa shape index (κ1) is 32.2. The second-order valence-electron chi connectivity index (χ2n) is 8.78. The molecule has 0 saturated carbocycles. The molecule has 2 heterocycles. The van der Waals surface area contributed by atoms with E-state index in [-0.39, 0.29) is 61.5 Å². The van der Waals surface area contributed by atoms with Crippen LogP contribution >= 0.6 is 27.0 Å². The molecule has 0 spiro atoms. The van der Waals surface area contributed by atoms with E-state index in [1.807, 2.05) is 0 Å². The van der Waals surface area contributed by atoms with Gasteiger partial charge in [-0.05, 0) is 48.7 Å². The van der Waals surface area contributed by atoms with Gasteiger partial charge in [0.25, 0.3) is 5.69 Å². The zero-order valence-electron chi connectivity index (χ0n) is 21.5. The van der Waals surface area contributed by atoms with E-state index in [0.29, 0.717) is 19.4 Å². The quantitative estimate of drug-likeness (QED) is 0.165. The van der Waals surface area contributed by atoms with Crippen molar-refractivity contribution < 1.29 is 33.9 Å². The van der Waals surface area contributed by atoms with Crippen LogP contribution in [0.2, 0.25) is 0 Å². The van der Waals surface area contributed by atoms with Crippen molar-refractivity contribution in [1.82, 2.24) is 15.2 Å². The van der Waals surface area contributed by atoms with Gasteiger partial charge in [-0.2, -0.15) is 27.0 Å². The summed E-state index contributed by atoms with van der Waals surface area (Å²) in [5.41, 5.74) is 0.854. The van der Waals surface area contributed by atoms with Crippen LogP contribution in [0.1, 0.15) is 25.3 Å². The van der Waals surface area contributed by atoms with Crippen LogP contribution in [0.15, 0.2) is 54.7 Å². The molecule has 214 valence electrons. The normalized spacial score (nSPS) is 14.8. The van der Waals surface area contributed by atoms with E-state index in [2.05, 4.69) is 10.3 Å². The van der Waals surface area contributed by atoms with Crippen molar-refractivity contribution in [2.45, 2.75) is 38.3 Å². The molecule has 4 rings (SSSR count). The Bertz CT molecular complexity index is 1370. The van der Waals surface area contributed by atoms with Gasteiger partial charge in [-0.3, -0.25) is 24.7 Å². The molecular formula is C26H30N4O8S2. The fourth-order valence-corrected chi connectivity index (χ4v) is 4.44. The summed E-state index contributed by atoms with van der Waals surface area (Å²) in [6, 6.07) is 10.3. The minimum absolute atomic E-state index is 0. The Labute approximate surface area is 243 Å². The lowest BCUT2D eigenvalue weighted by Crippen LogP contribution is -2.52. The number of phenolic OH excluding ortho intramolecular Hbond substituents is 1. The van der Waals surface area contributed by atoms with Gasteiger partial charge in [0.2, 0.25) is 18.6 Å². The van der Waals surface area contributed by atoms with E-state index in [9.17, 15) is 29.6 Å². The minimum atomic E-state index is -0.903. The molecule has 1 aliphatic heterocycles. The number of rotatable bonds is 9. The summed E-state index contributed by atoms with van der Waals surface area (Å²) in [5, 5.41) is 23.7. The van der Waals surface area contributed by atoms with Crippen molar-refractivity contribution in [1.29, 1.82) is 0 Å². The number of hydrogen-bond acceptors (Lipinski definition) is 9. The topological polar surface area (TPSA) is 161 Å². The summed E-state index contributed by atoms with van der Waals surface area (Å²) in [4.78, 5) is 54.3. The number of fused-ring (bicyclic) bond motifs is 1. The number of nitro benzene ring substituents is 1. The molecule has 40 heavy (non-hydrogen) atoms. The van der Waals surface area contributed by atoms with Crippen LogP contribution in [0.25, 0.3) is 10.9 Å². The first-order chi connectivity index (χ1) is 18.2. The van der Waals surface area contributed by atoms with Crippen LogP contribution in [0.4, 0.5) is 5.69 Å². The summed E-state index contributed by atoms with van der Waals surface area (Å²) >= 11 is 0. The van der Waals surface area contributed by atoms with Gasteiger partial charge in [0.05, 0.1) is 10.3 Å². The van der Waals surface area contributed by atoms with Crippen molar-refractivity contribution in [2.24, 2.45) is 0 Å². The van der Waals surface area contributed by atoms with Crippen LogP contribution in [-0.4, -0.2) is 63.1 Å². The number of aromatic nitrogens is 1. The van der Waals surface area contributed by atoms with E-state index >= 15 is 0 Å². The van der Waals surface area contributed by atoms with Crippen LogP contribution in [0, 0.1) is 10.1 Å². The molecule has 1 fully saturated rings. The summed E-state index contributed by atoms with van der Waals surface area (Å²) in [6.07, 6.45) is 2.62. The molecule has 0 bridgehead atoms. The molecule has 1 saturated heterocycles. The molecule has 12 nitrogen and oxygen atoms in total. The molecule has 2 aromatic carbocycles. The number of ether oxygens (including phenoxy) is 2. The molecule has 0 radical (unpaired) electrons. The average Bonchev–Trinajstić information content (AvgIpc) is 3.39. The summed E-state index contributed by atoms with van der Waals surface area (Å²) in [5.74, 6) is -1.19. The standard InChI is InChI=1S/C26H26N4O8.2H2S/c1-16(31)28-20(14-17-6-8-18(32)9-7-17)25(33)29-13-3-5-22(29)26(34)38-15-37-23-11-10-21(30(35)36)19-4-2-12-27-24(19)23;;/h2,4,6-12,20,22,32H,3,5,13-15H2,1H3,(H,28,31);2*1H2/t20-,22-;;/m0../s1. The number of nitrogens with zero attached hydrogens (tertiary/aromatic N) is 3. The molecular weight excluding hydrogens is 560 g/mol. The largest absolute Gasteiger partial charge is 0.508 e. The predicted molar refractivity (Wildman–Crippen MR) is 155 cm³/mol. The number of carbonyl (C=O) groups is 3. The van der Waals surface area contributed by atoms with Crippen LogP contribution in [-0.2, 0) is 25.5 Å². The summed E-state index contributed by atoms with van der Waals surface area (Å²) in [7, 11) is 0. The second-order valence-corrected chi connectivity index (χ2v) is 8.78. The SMILES string of the molecule is CC(=O)N[C@@H](Cc1ccc(O)cc1)C(=O)N1CCC[C@H]1C(=O)OCOc1ccc([N+](=O)[O-])c2cccnc12.S.S. The zero-order valence-corrected chi connectivity index (χ0v) is 23.5. The van der Waals surface area contributed by atoms with Gasteiger partial charge in [0.15, 0.2) is 0 Å². The van der Waals surface area contributed by atoms with E-state index in [1.165, 1.54) is 42.3 Å². The maximum Gasteiger partial charge on any atom is 0.331 e. The van der Waals surface area contributed by atoms with Crippen LogP contribution < -0.4 is 10.1 Å². The fourth-order valence-electron chi connectivity index (χ4n) is 4.44. The van der Waals surface area contributed by atoms with E-state index in [0.717, 1.165) is 5.56 Å². The number of aromatic hydroxyl groups is 1. The third-order valence-electron chi connectivity index (χ3n) is 6.18. The van der Waals surface area contributed by atoms with Crippen LogP contribution in [0.5, 0.6) is 11.5 Å². The van der Waals surface area contributed by atoms with Gasteiger partial charge in [0, 0.05) is 32.2 Å². The fraction of sp³-hybridized carbons (Fsp3) is 0.308. The third-order valence-corrected chi connectivity index (χ3v) is 6.18. The Kier molecular flexibility index (Phi) is 11.6. The lowest BCUT2D eigenvalue weighted by molar-refractivity contribution is -0.383. The third kappa shape index (κ3) is 7.54. The number of carbonyl (C=O) groups excluding carboxylic acids is 3. The Morgan fingerprint density at radius 3 is 2.58 bits per heavy atom. The lowest BCUT2D eigenvalue weighted by Gasteiger charge is -2.28. The van der Waals surface area contributed by atoms with Crippen LogP contribution in [0.3, 0.4) is 0 Å². The molecule has 2 amide bonds. The zero-order chi connectivity index (χ0) is 27.2. The molecule has 0 aliphatic carbocycles. The number of likely N-dealkylation sites (tertiary alicyclic amines) is 1. The highest BCUT2D eigenvalue weighted by molar-refractivity contribution is 7.59. The molecule has 1 aliphatic rings. The van der Waals surface area contributed by atoms with E-state index < -0.39 is 41.6 Å². The second kappa shape index (κ2) is 14.4. The molecule has 14 heteroatoms. The van der Waals surface area contributed by atoms with Crippen molar-refractivity contribution in [2.75, 3.05) is 13.3 Å². The smallest absolute Gasteiger partial charge is 0.331 e. The predicted octanol–water partition coefficient (Wildman–Crippen LogP) is 2.69. The van der Waals surface area contributed by atoms with E-state index in [1.54, 1.807) is 24.3 Å². The number of benzene rings is 2. The molecule has 3 aromatic rings. The number of nitrogens with one attached hydrogen (secondary N) is 1. The van der Waals surface area contributed by atoms with Crippen molar-refractivity contribution in [3.63, 3.8) is 0 Å². The maximum absolute atomic E-state index is 13.4. The number of phenols is 1. The highest BCUT2D eigenvalue weighted by atomic mass is 32.1.